The lowest BCUT2D eigenvalue weighted by molar-refractivity contribution is -0.114. The molecule has 3 N–H and O–H groups in total. The molecule has 0 bridgehead atoms. The van der Waals surface area contributed by atoms with E-state index < -0.39 is 10.0 Å². The van der Waals surface area contributed by atoms with Gasteiger partial charge in [-0.25, -0.2) is 8.42 Å². The molecule has 1 aromatic heterocycles. The molecule has 0 spiro atoms. The quantitative estimate of drug-likeness (QED) is 0.781. The van der Waals surface area contributed by atoms with Gasteiger partial charge in [-0.15, -0.1) is 0 Å². The Morgan fingerprint density at radius 3 is 2.42 bits per heavy atom. The summed E-state index contributed by atoms with van der Waals surface area (Å²) in [5, 5.41) is 8.71. The van der Waals surface area contributed by atoms with E-state index in [-0.39, 0.29) is 16.6 Å². The third-order valence-electron chi connectivity index (χ3n) is 2.23. The molecule has 0 atom stereocenters. The number of carbonyl (C=O) groups excluding carboxylic acids is 1. The number of H-pyrrole nitrogens is 1. The fourth-order valence-electron chi connectivity index (χ4n) is 1.44. The molecule has 1 aromatic carbocycles. The van der Waals surface area contributed by atoms with Crippen LogP contribution in [0.1, 0.15) is 6.92 Å². The van der Waals surface area contributed by atoms with Crippen molar-refractivity contribution in [3.8, 4) is 0 Å². The molecule has 19 heavy (non-hydrogen) atoms. The second-order valence-corrected chi connectivity index (χ2v) is 5.46. The molecule has 0 aliphatic rings. The molecule has 0 saturated heterocycles. The van der Waals surface area contributed by atoms with Gasteiger partial charge in [-0.1, -0.05) is 0 Å². The minimum absolute atomic E-state index is 0.0937. The Bertz CT molecular complexity index is 662. The van der Waals surface area contributed by atoms with E-state index in [0.29, 0.717) is 5.69 Å². The van der Waals surface area contributed by atoms with Crippen LogP contribution in [0, 0.1) is 0 Å². The van der Waals surface area contributed by atoms with Crippen molar-refractivity contribution in [2.45, 2.75) is 11.8 Å². The lowest BCUT2D eigenvalue weighted by Gasteiger charge is -2.07. The van der Waals surface area contributed by atoms with Gasteiger partial charge in [-0.3, -0.25) is 14.6 Å². The van der Waals surface area contributed by atoms with E-state index in [0.717, 1.165) is 0 Å². The summed E-state index contributed by atoms with van der Waals surface area (Å²) in [6.45, 7) is 1.38. The number of amides is 1. The molecule has 0 radical (unpaired) electrons. The first kappa shape index (κ1) is 13.1. The van der Waals surface area contributed by atoms with Crippen molar-refractivity contribution in [2.24, 2.45) is 0 Å². The van der Waals surface area contributed by atoms with Crippen LogP contribution in [0.4, 0.5) is 11.5 Å². The SMILES string of the molecule is CC(=O)Nc1ccc(S(=O)(=O)Nc2ccn[nH]2)cc1. The summed E-state index contributed by atoms with van der Waals surface area (Å²) in [4.78, 5) is 10.9. The Labute approximate surface area is 110 Å². The lowest BCUT2D eigenvalue weighted by atomic mass is 10.3. The van der Waals surface area contributed by atoms with Crippen molar-refractivity contribution in [1.29, 1.82) is 0 Å². The Hall–Kier alpha value is -2.35. The second kappa shape index (κ2) is 5.11. The summed E-state index contributed by atoms with van der Waals surface area (Å²) in [6, 6.07) is 7.35. The van der Waals surface area contributed by atoms with Gasteiger partial charge in [0.15, 0.2) is 0 Å². The summed E-state index contributed by atoms with van der Waals surface area (Å²) in [6.07, 6.45) is 1.44. The van der Waals surface area contributed by atoms with Gasteiger partial charge in [0.05, 0.1) is 11.1 Å². The van der Waals surface area contributed by atoms with Crippen LogP contribution in [0.3, 0.4) is 0 Å². The zero-order chi connectivity index (χ0) is 13.9. The Morgan fingerprint density at radius 2 is 1.89 bits per heavy atom. The number of aromatic nitrogens is 2. The third-order valence-corrected chi connectivity index (χ3v) is 3.61. The average molecular weight is 280 g/mol. The fraction of sp³-hybridized carbons (Fsp3) is 0.0909. The third kappa shape index (κ3) is 3.32. The number of nitrogens with zero attached hydrogens (tertiary/aromatic N) is 1. The molecule has 0 unspecified atom stereocenters. The summed E-state index contributed by atoms with van der Waals surface area (Å²) >= 11 is 0. The maximum atomic E-state index is 12.0. The summed E-state index contributed by atoms with van der Waals surface area (Å²) < 4.78 is 26.3. The zero-order valence-electron chi connectivity index (χ0n) is 10.0. The molecule has 7 nitrogen and oxygen atoms in total. The highest BCUT2D eigenvalue weighted by Gasteiger charge is 2.14. The fourth-order valence-corrected chi connectivity index (χ4v) is 2.45. The first-order valence-electron chi connectivity index (χ1n) is 5.37. The van der Waals surface area contributed by atoms with E-state index in [9.17, 15) is 13.2 Å². The van der Waals surface area contributed by atoms with Crippen LogP contribution in [-0.4, -0.2) is 24.5 Å². The van der Waals surface area contributed by atoms with E-state index in [4.69, 9.17) is 0 Å². The molecule has 2 rings (SSSR count). The van der Waals surface area contributed by atoms with E-state index in [2.05, 4.69) is 20.2 Å². The standard InChI is InChI=1S/C11H12N4O3S/c1-8(16)13-9-2-4-10(5-3-9)19(17,18)15-11-6-7-12-14-11/h2-7H,1H3,(H,13,16)(H2,12,14,15). The van der Waals surface area contributed by atoms with Crippen molar-refractivity contribution in [1.82, 2.24) is 10.2 Å². The first-order valence-corrected chi connectivity index (χ1v) is 6.85. The Morgan fingerprint density at radius 1 is 1.21 bits per heavy atom. The van der Waals surface area contributed by atoms with Crippen LogP contribution in [0.5, 0.6) is 0 Å². The number of aromatic amines is 1. The van der Waals surface area contributed by atoms with Crippen LogP contribution in [-0.2, 0) is 14.8 Å². The van der Waals surface area contributed by atoms with Crippen molar-refractivity contribution >= 4 is 27.4 Å². The van der Waals surface area contributed by atoms with Crippen molar-refractivity contribution in [3.05, 3.63) is 36.5 Å². The molecule has 1 amide bonds. The molecular formula is C11H12N4O3S. The van der Waals surface area contributed by atoms with Gasteiger partial charge >= 0.3 is 0 Å². The molecule has 100 valence electrons. The van der Waals surface area contributed by atoms with Crippen LogP contribution in [0.15, 0.2) is 41.4 Å². The molecule has 2 aromatic rings. The van der Waals surface area contributed by atoms with E-state index in [1.165, 1.54) is 43.5 Å². The largest absolute Gasteiger partial charge is 0.326 e. The molecule has 8 heteroatoms. The summed E-state index contributed by atoms with van der Waals surface area (Å²) in [7, 11) is -3.66. The number of carbonyl (C=O) groups is 1. The van der Waals surface area contributed by atoms with Gasteiger partial charge in [0.1, 0.15) is 5.82 Å². The van der Waals surface area contributed by atoms with Gasteiger partial charge < -0.3 is 5.32 Å². The average Bonchev–Trinajstić information content (AvgIpc) is 2.81. The summed E-state index contributed by atoms with van der Waals surface area (Å²) in [5.74, 6) is 0.0668. The number of rotatable bonds is 4. The maximum Gasteiger partial charge on any atom is 0.263 e. The number of hydrogen-bond donors (Lipinski definition) is 3. The van der Waals surface area contributed by atoms with Gasteiger partial charge in [-0.05, 0) is 24.3 Å². The highest BCUT2D eigenvalue weighted by Crippen LogP contribution is 2.16. The van der Waals surface area contributed by atoms with E-state index >= 15 is 0 Å². The zero-order valence-corrected chi connectivity index (χ0v) is 10.9. The lowest BCUT2D eigenvalue weighted by Crippen LogP contribution is -2.13. The first-order chi connectivity index (χ1) is 8.97. The summed E-state index contributed by atoms with van der Waals surface area (Å²) in [5.41, 5.74) is 0.535. The van der Waals surface area contributed by atoms with E-state index in [1.54, 1.807) is 0 Å². The number of hydrogen-bond acceptors (Lipinski definition) is 4. The molecular weight excluding hydrogens is 268 g/mol. The predicted octanol–water partition coefficient (Wildman–Crippen LogP) is 1.17. The Kier molecular flexibility index (Phi) is 3.52. The van der Waals surface area contributed by atoms with Crippen LogP contribution in [0.2, 0.25) is 0 Å². The predicted molar refractivity (Wildman–Crippen MR) is 70.1 cm³/mol. The molecule has 0 aliphatic carbocycles. The second-order valence-electron chi connectivity index (χ2n) is 3.78. The molecule has 1 heterocycles. The van der Waals surface area contributed by atoms with Crippen LogP contribution in [0.25, 0.3) is 0 Å². The Balaban J connectivity index is 2.19. The van der Waals surface area contributed by atoms with Crippen molar-refractivity contribution < 1.29 is 13.2 Å². The normalized spacial score (nSPS) is 11.0. The monoisotopic (exact) mass is 280 g/mol. The maximum absolute atomic E-state index is 12.0. The molecule has 0 fully saturated rings. The van der Waals surface area contributed by atoms with Crippen LogP contribution < -0.4 is 10.0 Å². The number of sulfonamides is 1. The smallest absolute Gasteiger partial charge is 0.263 e. The van der Waals surface area contributed by atoms with Gasteiger partial charge in [0, 0.05) is 18.7 Å². The number of benzene rings is 1. The van der Waals surface area contributed by atoms with Crippen molar-refractivity contribution in [2.75, 3.05) is 10.0 Å². The topological polar surface area (TPSA) is 104 Å². The van der Waals surface area contributed by atoms with Gasteiger partial charge in [0.2, 0.25) is 5.91 Å². The number of nitrogens with one attached hydrogen (secondary N) is 3. The highest BCUT2D eigenvalue weighted by atomic mass is 32.2. The van der Waals surface area contributed by atoms with Crippen molar-refractivity contribution in [3.63, 3.8) is 0 Å². The molecule has 0 aliphatic heterocycles. The van der Waals surface area contributed by atoms with E-state index in [1.807, 2.05) is 0 Å². The van der Waals surface area contributed by atoms with Crippen LogP contribution >= 0.6 is 0 Å². The van der Waals surface area contributed by atoms with Gasteiger partial charge in [-0.2, -0.15) is 5.10 Å². The van der Waals surface area contributed by atoms with Gasteiger partial charge in [0.25, 0.3) is 10.0 Å². The molecule has 0 saturated carbocycles. The highest BCUT2D eigenvalue weighted by molar-refractivity contribution is 7.92. The minimum atomic E-state index is -3.66. The minimum Gasteiger partial charge on any atom is -0.326 e. The number of anilines is 2.